The molecule has 148 valence electrons. The molecule has 6 nitrogen and oxygen atoms in total. The lowest BCUT2D eigenvalue weighted by atomic mass is 9.84. The number of benzene rings is 2. The summed E-state index contributed by atoms with van der Waals surface area (Å²) in [4.78, 5) is 30.9. The Kier molecular flexibility index (Phi) is 4.15. The van der Waals surface area contributed by atoms with Gasteiger partial charge in [0.05, 0.1) is 12.0 Å². The average molecular weight is 390 g/mol. The second-order valence-electron chi connectivity index (χ2n) is 7.94. The van der Waals surface area contributed by atoms with Crippen LogP contribution in [0.5, 0.6) is 0 Å². The maximum atomic E-state index is 12.5. The number of fused-ring (bicyclic) bond motifs is 3. The predicted octanol–water partition coefficient (Wildman–Crippen LogP) is 3.11. The molecule has 1 fully saturated rings. The molecule has 0 aromatic heterocycles. The molecule has 0 saturated carbocycles. The molecule has 5 rings (SSSR count). The zero-order chi connectivity index (χ0) is 20.0. The topological polar surface area (TPSA) is 68.2 Å². The second-order valence-corrected chi connectivity index (χ2v) is 7.94. The van der Waals surface area contributed by atoms with E-state index in [0.717, 1.165) is 22.3 Å². The number of aliphatic imine (C=N–C) groups is 1. The third kappa shape index (κ3) is 3.09. The van der Waals surface area contributed by atoms with Crippen molar-refractivity contribution in [2.24, 2.45) is 4.99 Å². The lowest BCUT2D eigenvalue weighted by Gasteiger charge is -2.39. The van der Waals surface area contributed by atoms with Gasteiger partial charge in [0.15, 0.2) is 0 Å². The van der Waals surface area contributed by atoms with Crippen LogP contribution in [-0.2, 0) is 32.9 Å². The lowest BCUT2D eigenvalue weighted by Crippen LogP contribution is -2.46. The number of amides is 1. The Morgan fingerprint density at radius 3 is 2.66 bits per heavy atom. The Balaban J connectivity index is 1.34. The molecule has 0 N–H and O–H groups in total. The van der Waals surface area contributed by atoms with E-state index < -0.39 is 5.60 Å². The van der Waals surface area contributed by atoms with Crippen molar-refractivity contribution >= 4 is 17.9 Å². The first-order valence-corrected chi connectivity index (χ1v) is 9.95. The van der Waals surface area contributed by atoms with Crippen LogP contribution in [0.15, 0.2) is 47.5 Å². The molecule has 1 amide bonds. The van der Waals surface area contributed by atoms with E-state index >= 15 is 0 Å². The standard InChI is InChI=1S/C23H22N2O4/c1-15-6-7-16-14-28-22(24-20(26)13-17(16)12-15)25-10-8-23(9-11-25)19-5-3-2-4-18(19)21(27)29-23/h2-7,12H,8-11,13-14H2,1H3/b24-22-. The van der Waals surface area contributed by atoms with Gasteiger partial charge in [-0.2, -0.15) is 4.99 Å². The number of likely N-dealkylation sites (tertiary alicyclic amines) is 1. The maximum absolute atomic E-state index is 12.5. The fraction of sp³-hybridized carbons (Fsp3) is 0.348. The van der Waals surface area contributed by atoms with Crippen molar-refractivity contribution in [1.82, 2.24) is 4.90 Å². The molecule has 3 heterocycles. The first-order chi connectivity index (χ1) is 14.0. The molecular formula is C23H22N2O4. The van der Waals surface area contributed by atoms with E-state index in [4.69, 9.17) is 9.47 Å². The quantitative estimate of drug-likeness (QED) is 0.647. The van der Waals surface area contributed by atoms with Crippen LogP contribution in [0.3, 0.4) is 0 Å². The Morgan fingerprint density at radius 1 is 1.03 bits per heavy atom. The summed E-state index contributed by atoms with van der Waals surface area (Å²) < 4.78 is 11.8. The molecule has 2 aromatic rings. The number of amidine groups is 1. The monoisotopic (exact) mass is 390 g/mol. The minimum absolute atomic E-state index is 0.204. The summed E-state index contributed by atoms with van der Waals surface area (Å²) in [5.41, 5.74) is 4.15. The molecule has 1 spiro atoms. The van der Waals surface area contributed by atoms with Gasteiger partial charge < -0.3 is 14.4 Å². The Hall–Kier alpha value is -3.15. The highest BCUT2D eigenvalue weighted by Crippen LogP contribution is 2.44. The third-order valence-electron chi connectivity index (χ3n) is 6.05. The van der Waals surface area contributed by atoms with Crippen LogP contribution in [0.1, 0.15) is 45.5 Å². The highest BCUT2D eigenvalue weighted by atomic mass is 16.6. The number of hydrogen-bond donors (Lipinski definition) is 0. The van der Waals surface area contributed by atoms with E-state index in [1.54, 1.807) is 0 Å². The van der Waals surface area contributed by atoms with Crippen molar-refractivity contribution in [2.75, 3.05) is 13.1 Å². The molecule has 6 heteroatoms. The number of nitrogens with zero attached hydrogens (tertiary/aromatic N) is 2. The van der Waals surface area contributed by atoms with Crippen molar-refractivity contribution in [3.63, 3.8) is 0 Å². The molecule has 3 aliphatic rings. The third-order valence-corrected chi connectivity index (χ3v) is 6.05. The SMILES string of the molecule is Cc1ccc2c(c1)CC(=O)/N=C(/N1CCC3(CC1)OC(=O)c1ccccc13)OC2. The van der Waals surface area contributed by atoms with Gasteiger partial charge in [-0.15, -0.1) is 0 Å². The van der Waals surface area contributed by atoms with Gasteiger partial charge in [0.25, 0.3) is 11.9 Å². The van der Waals surface area contributed by atoms with Gasteiger partial charge in [0, 0.05) is 31.5 Å². The molecule has 1 saturated heterocycles. The van der Waals surface area contributed by atoms with E-state index in [0.29, 0.717) is 44.1 Å². The van der Waals surface area contributed by atoms with Gasteiger partial charge in [-0.1, -0.05) is 42.0 Å². The van der Waals surface area contributed by atoms with Gasteiger partial charge in [-0.05, 0) is 24.1 Å². The fourth-order valence-electron chi connectivity index (χ4n) is 4.48. The molecular weight excluding hydrogens is 368 g/mol. The van der Waals surface area contributed by atoms with Crippen molar-refractivity contribution < 1.29 is 19.1 Å². The van der Waals surface area contributed by atoms with Crippen LogP contribution in [-0.4, -0.2) is 35.9 Å². The van der Waals surface area contributed by atoms with Crippen LogP contribution >= 0.6 is 0 Å². The van der Waals surface area contributed by atoms with E-state index in [9.17, 15) is 9.59 Å². The van der Waals surface area contributed by atoms with E-state index in [2.05, 4.69) is 4.99 Å². The predicted molar refractivity (Wildman–Crippen MR) is 106 cm³/mol. The molecule has 0 radical (unpaired) electrons. The lowest BCUT2D eigenvalue weighted by molar-refractivity contribution is -0.117. The van der Waals surface area contributed by atoms with Gasteiger partial charge in [0.2, 0.25) is 0 Å². The summed E-state index contributed by atoms with van der Waals surface area (Å²) in [6.45, 7) is 3.61. The zero-order valence-electron chi connectivity index (χ0n) is 16.3. The number of piperidine rings is 1. The van der Waals surface area contributed by atoms with Crippen molar-refractivity contribution in [1.29, 1.82) is 0 Å². The first-order valence-electron chi connectivity index (χ1n) is 9.95. The molecule has 0 atom stereocenters. The Morgan fingerprint density at radius 2 is 1.83 bits per heavy atom. The van der Waals surface area contributed by atoms with Gasteiger partial charge in [0.1, 0.15) is 12.2 Å². The smallest absolute Gasteiger partial charge is 0.339 e. The highest BCUT2D eigenvalue weighted by Gasteiger charge is 2.47. The van der Waals surface area contributed by atoms with E-state index in [1.165, 1.54) is 0 Å². The van der Waals surface area contributed by atoms with Crippen LogP contribution in [0, 0.1) is 6.92 Å². The molecule has 0 aliphatic carbocycles. The molecule has 2 aromatic carbocycles. The highest BCUT2D eigenvalue weighted by molar-refractivity contribution is 5.95. The fourth-order valence-corrected chi connectivity index (χ4v) is 4.48. The number of esters is 1. The van der Waals surface area contributed by atoms with Gasteiger partial charge >= 0.3 is 5.97 Å². The number of rotatable bonds is 0. The van der Waals surface area contributed by atoms with Crippen LogP contribution < -0.4 is 0 Å². The minimum Gasteiger partial charge on any atom is -0.460 e. The summed E-state index contributed by atoms with van der Waals surface area (Å²) in [7, 11) is 0. The van der Waals surface area contributed by atoms with Crippen LogP contribution in [0.2, 0.25) is 0 Å². The molecule has 0 bridgehead atoms. The van der Waals surface area contributed by atoms with Crippen molar-refractivity contribution in [3.05, 3.63) is 70.3 Å². The number of aryl methyl sites for hydroxylation is 1. The summed E-state index contributed by atoms with van der Waals surface area (Å²) in [5.74, 6) is -0.458. The van der Waals surface area contributed by atoms with Crippen LogP contribution in [0.25, 0.3) is 0 Å². The maximum Gasteiger partial charge on any atom is 0.339 e. The van der Waals surface area contributed by atoms with E-state index in [1.807, 2.05) is 54.3 Å². The van der Waals surface area contributed by atoms with E-state index in [-0.39, 0.29) is 18.3 Å². The number of ether oxygens (including phenoxy) is 2. The molecule has 3 aliphatic heterocycles. The summed E-state index contributed by atoms with van der Waals surface area (Å²) >= 11 is 0. The first kappa shape index (κ1) is 17.9. The van der Waals surface area contributed by atoms with Crippen molar-refractivity contribution in [3.8, 4) is 0 Å². The largest absolute Gasteiger partial charge is 0.460 e. The molecule has 29 heavy (non-hydrogen) atoms. The van der Waals surface area contributed by atoms with Gasteiger partial charge in [-0.3, -0.25) is 4.79 Å². The number of carbonyl (C=O) groups excluding carboxylic acids is 2. The minimum atomic E-state index is -0.583. The average Bonchev–Trinajstić information content (AvgIpc) is 2.97. The second kappa shape index (κ2) is 6.72. The van der Waals surface area contributed by atoms with Gasteiger partial charge in [-0.25, -0.2) is 4.79 Å². The summed E-state index contributed by atoms with van der Waals surface area (Å²) in [5, 5.41) is 0. The zero-order valence-corrected chi connectivity index (χ0v) is 16.3. The molecule has 0 unspecified atom stereocenters. The summed E-state index contributed by atoms with van der Waals surface area (Å²) in [6.07, 6.45) is 1.57. The Labute approximate surface area is 169 Å². The number of carbonyl (C=O) groups is 2. The number of hydrogen-bond acceptors (Lipinski definition) is 5. The normalized spacial score (nSPS) is 22.0. The Bertz CT molecular complexity index is 1030. The summed E-state index contributed by atoms with van der Waals surface area (Å²) in [6, 6.07) is 14.0. The van der Waals surface area contributed by atoms with Crippen LogP contribution in [0.4, 0.5) is 0 Å². The van der Waals surface area contributed by atoms with Crippen molar-refractivity contribution in [2.45, 2.75) is 38.4 Å².